The standard InChI is InChI=1S/C10H12BrN5O/c11-10-2-1-8(5-13-10)12-6-9-7-16(3-4-17)15-14-9/h1-2,5,7,12,17H,3-4,6H2. The van der Waals surface area contributed by atoms with Gasteiger partial charge < -0.3 is 10.4 Å². The zero-order valence-electron chi connectivity index (χ0n) is 9.04. The van der Waals surface area contributed by atoms with Crippen molar-refractivity contribution in [3.05, 3.63) is 34.8 Å². The van der Waals surface area contributed by atoms with E-state index in [0.29, 0.717) is 13.1 Å². The molecule has 0 aromatic carbocycles. The fourth-order valence-corrected chi connectivity index (χ4v) is 1.54. The summed E-state index contributed by atoms with van der Waals surface area (Å²) < 4.78 is 2.41. The van der Waals surface area contributed by atoms with Gasteiger partial charge in [-0.2, -0.15) is 0 Å². The second-order valence-corrected chi connectivity index (χ2v) is 4.23. The van der Waals surface area contributed by atoms with E-state index in [1.807, 2.05) is 12.1 Å². The predicted octanol–water partition coefficient (Wildman–Crippen LogP) is 1.04. The number of aliphatic hydroxyl groups excluding tert-OH is 1. The minimum Gasteiger partial charge on any atom is -0.394 e. The first kappa shape index (κ1) is 12.0. The van der Waals surface area contributed by atoms with Crippen LogP contribution in [0.4, 0.5) is 5.69 Å². The second-order valence-electron chi connectivity index (χ2n) is 3.42. The topological polar surface area (TPSA) is 75.9 Å². The van der Waals surface area contributed by atoms with Crippen molar-refractivity contribution in [2.75, 3.05) is 11.9 Å². The van der Waals surface area contributed by atoms with E-state index in [2.05, 4.69) is 36.5 Å². The van der Waals surface area contributed by atoms with Gasteiger partial charge in [-0.1, -0.05) is 5.21 Å². The molecule has 17 heavy (non-hydrogen) atoms. The monoisotopic (exact) mass is 297 g/mol. The number of nitrogens with zero attached hydrogens (tertiary/aromatic N) is 4. The third-order valence-electron chi connectivity index (χ3n) is 2.12. The van der Waals surface area contributed by atoms with Crippen LogP contribution in [0.15, 0.2) is 29.1 Å². The van der Waals surface area contributed by atoms with Gasteiger partial charge in [0.25, 0.3) is 0 Å². The van der Waals surface area contributed by atoms with Crippen molar-refractivity contribution in [2.24, 2.45) is 0 Å². The lowest BCUT2D eigenvalue weighted by Crippen LogP contribution is -2.02. The molecular weight excluding hydrogens is 286 g/mol. The number of nitrogens with one attached hydrogen (secondary N) is 1. The first-order valence-corrected chi connectivity index (χ1v) is 5.92. The highest BCUT2D eigenvalue weighted by atomic mass is 79.9. The Labute approximate surface area is 107 Å². The summed E-state index contributed by atoms with van der Waals surface area (Å²) in [5.74, 6) is 0. The molecule has 0 fully saturated rings. The molecule has 2 heterocycles. The third-order valence-corrected chi connectivity index (χ3v) is 2.59. The number of rotatable bonds is 5. The van der Waals surface area contributed by atoms with E-state index in [1.54, 1.807) is 17.1 Å². The molecule has 90 valence electrons. The minimum absolute atomic E-state index is 0.0624. The Hall–Kier alpha value is -1.47. The molecule has 0 aliphatic rings. The van der Waals surface area contributed by atoms with Crippen LogP contribution in [0, 0.1) is 0 Å². The van der Waals surface area contributed by atoms with Gasteiger partial charge in [0.15, 0.2) is 0 Å². The maximum atomic E-state index is 8.75. The Bertz CT molecular complexity index is 470. The fraction of sp³-hybridized carbons (Fsp3) is 0.300. The van der Waals surface area contributed by atoms with Crippen molar-refractivity contribution in [1.82, 2.24) is 20.0 Å². The molecule has 0 atom stereocenters. The maximum absolute atomic E-state index is 8.75. The minimum atomic E-state index is 0.0624. The lowest BCUT2D eigenvalue weighted by Gasteiger charge is -2.02. The van der Waals surface area contributed by atoms with E-state index in [0.717, 1.165) is 16.0 Å². The van der Waals surface area contributed by atoms with Crippen molar-refractivity contribution in [2.45, 2.75) is 13.1 Å². The third kappa shape index (κ3) is 3.50. The normalized spacial score (nSPS) is 10.5. The van der Waals surface area contributed by atoms with Crippen LogP contribution in [0.3, 0.4) is 0 Å². The van der Waals surface area contributed by atoms with Gasteiger partial charge in [-0.3, -0.25) is 0 Å². The van der Waals surface area contributed by atoms with Gasteiger partial charge in [-0.15, -0.1) is 5.10 Å². The van der Waals surface area contributed by atoms with E-state index < -0.39 is 0 Å². The van der Waals surface area contributed by atoms with Crippen LogP contribution in [0.1, 0.15) is 5.69 Å². The zero-order valence-corrected chi connectivity index (χ0v) is 10.6. The molecule has 0 aliphatic heterocycles. The number of pyridine rings is 1. The quantitative estimate of drug-likeness (QED) is 0.807. The van der Waals surface area contributed by atoms with Crippen LogP contribution < -0.4 is 5.32 Å². The summed E-state index contributed by atoms with van der Waals surface area (Å²) in [5.41, 5.74) is 1.74. The second kappa shape index (κ2) is 5.74. The summed E-state index contributed by atoms with van der Waals surface area (Å²) in [6, 6.07) is 3.79. The number of hydrogen-bond acceptors (Lipinski definition) is 5. The fourth-order valence-electron chi connectivity index (χ4n) is 1.30. The zero-order chi connectivity index (χ0) is 12.1. The van der Waals surface area contributed by atoms with Crippen LogP contribution in [0.2, 0.25) is 0 Å². The lowest BCUT2D eigenvalue weighted by molar-refractivity contribution is 0.268. The van der Waals surface area contributed by atoms with Gasteiger partial charge in [0, 0.05) is 0 Å². The molecule has 6 nitrogen and oxygen atoms in total. The molecule has 2 aromatic rings. The number of aliphatic hydroxyl groups is 1. The molecule has 2 N–H and O–H groups in total. The Morgan fingerprint density at radius 3 is 3.00 bits per heavy atom. The average molecular weight is 298 g/mol. The summed E-state index contributed by atoms with van der Waals surface area (Å²) in [7, 11) is 0. The first-order chi connectivity index (χ1) is 8.28. The summed E-state index contributed by atoms with van der Waals surface area (Å²) in [6.45, 7) is 1.11. The molecule has 0 aliphatic carbocycles. The summed E-state index contributed by atoms with van der Waals surface area (Å²) in [6.07, 6.45) is 3.54. The van der Waals surface area contributed by atoms with Crippen molar-refractivity contribution >= 4 is 21.6 Å². The van der Waals surface area contributed by atoms with Crippen LogP contribution in [0.5, 0.6) is 0 Å². The molecule has 2 rings (SSSR count). The molecule has 2 aromatic heterocycles. The SMILES string of the molecule is OCCn1cc(CNc2ccc(Br)nc2)nn1. The van der Waals surface area contributed by atoms with Crippen molar-refractivity contribution in [3.63, 3.8) is 0 Å². The highest BCUT2D eigenvalue weighted by Crippen LogP contribution is 2.11. The summed E-state index contributed by atoms with van der Waals surface area (Å²) >= 11 is 3.27. The molecule has 0 saturated carbocycles. The van der Waals surface area contributed by atoms with Crippen LogP contribution in [-0.2, 0) is 13.1 Å². The number of halogens is 1. The van der Waals surface area contributed by atoms with Crippen LogP contribution in [0.25, 0.3) is 0 Å². The molecule has 0 unspecified atom stereocenters. The van der Waals surface area contributed by atoms with E-state index in [1.165, 1.54) is 0 Å². The van der Waals surface area contributed by atoms with E-state index in [9.17, 15) is 0 Å². The van der Waals surface area contributed by atoms with Gasteiger partial charge in [0.1, 0.15) is 10.3 Å². The predicted molar refractivity (Wildman–Crippen MR) is 66.4 cm³/mol. The van der Waals surface area contributed by atoms with Crippen molar-refractivity contribution in [1.29, 1.82) is 0 Å². The first-order valence-electron chi connectivity index (χ1n) is 5.13. The van der Waals surface area contributed by atoms with Crippen molar-refractivity contribution in [3.8, 4) is 0 Å². The highest BCUT2D eigenvalue weighted by Gasteiger charge is 2.00. The van der Waals surface area contributed by atoms with Gasteiger partial charge in [0.05, 0.1) is 37.8 Å². The number of hydrogen-bond donors (Lipinski definition) is 2. The summed E-state index contributed by atoms with van der Waals surface area (Å²) in [4.78, 5) is 4.11. The van der Waals surface area contributed by atoms with E-state index in [-0.39, 0.29) is 6.61 Å². The van der Waals surface area contributed by atoms with Gasteiger partial charge >= 0.3 is 0 Å². The molecule has 7 heteroatoms. The van der Waals surface area contributed by atoms with E-state index in [4.69, 9.17) is 5.11 Å². The van der Waals surface area contributed by atoms with Crippen LogP contribution >= 0.6 is 15.9 Å². The lowest BCUT2D eigenvalue weighted by atomic mass is 10.4. The van der Waals surface area contributed by atoms with Crippen molar-refractivity contribution < 1.29 is 5.11 Å². The Morgan fingerprint density at radius 1 is 1.41 bits per heavy atom. The largest absolute Gasteiger partial charge is 0.394 e. The average Bonchev–Trinajstić information content (AvgIpc) is 2.77. The van der Waals surface area contributed by atoms with Gasteiger partial charge in [-0.25, -0.2) is 9.67 Å². The molecule has 0 spiro atoms. The molecule has 0 amide bonds. The smallest absolute Gasteiger partial charge is 0.106 e. The number of anilines is 1. The Kier molecular flexibility index (Phi) is 4.05. The maximum Gasteiger partial charge on any atom is 0.106 e. The molecule has 0 radical (unpaired) electrons. The van der Waals surface area contributed by atoms with Gasteiger partial charge in [0.2, 0.25) is 0 Å². The van der Waals surface area contributed by atoms with Gasteiger partial charge in [-0.05, 0) is 28.1 Å². The van der Waals surface area contributed by atoms with E-state index >= 15 is 0 Å². The molecular formula is C10H12BrN5O. The summed E-state index contributed by atoms with van der Waals surface area (Å²) in [5, 5.41) is 19.8. The number of aromatic nitrogens is 4. The van der Waals surface area contributed by atoms with Crippen LogP contribution in [-0.4, -0.2) is 31.7 Å². The Balaban J connectivity index is 1.90. The molecule has 0 bridgehead atoms. The Morgan fingerprint density at radius 2 is 2.29 bits per heavy atom. The highest BCUT2D eigenvalue weighted by molar-refractivity contribution is 9.10. The molecule has 0 saturated heterocycles.